The molecule has 0 spiro atoms. The molecule has 0 bridgehead atoms. The Balaban J connectivity index is 2.58. The Morgan fingerprint density at radius 2 is 1.90 bits per heavy atom. The predicted molar refractivity (Wildman–Crippen MR) is 80.8 cm³/mol. The fourth-order valence-electron chi connectivity index (χ4n) is 1.79. The van der Waals surface area contributed by atoms with E-state index < -0.39 is 10.0 Å². The lowest BCUT2D eigenvalue weighted by Gasteiger charge is -2.11. The molecule has 0 aliphatic carbocycles. The van der Waals surface area contributed by atoms with Crippen LogP contribution in [0.25, 0.3) is 0 Å². The fraction of sp³-hybridized carbons (Fsp3) is 0.500. The summed E-state index contributed by atoms with van der Waals surface area (Å²) in [5, 5.41) is 2.66. The van der Waals surface area contributed by atoms with Gasteiger partial charge in [-0.2, -0.15) is 0 Å². The van der Waals surface area contributed by atoms with Gasteiger partial charge in [0.1, 0.15) is 10.6 Å². The summed E-state index contributed by atoms with van der Waals surface area (Å²) in [5.41, 5.74) is 0.849. The largest absolute Gasteiger partial charge is 0.495 e. The van der Waals surface area contributed by atoms with Gasteiger partial charge in [-0.15, -0.1) is 0 Å². The number of carbonyl (C=O) groups is 1. The lowest BCUT2D eigenvalue weighted by Crippen LogP contribution is -2.27. The normalized spacial score (nSPS) is 11.2. The van der Waals surface area contributed by atoms with Crippen LogP contribution < -0.4 is 14.8 Å². The van der Waals surface area contributed by atoms with Gasteiger partial charge < -0.3 is 10.1 Å². The molecule has 1 amide bonds. The van der Waals surface area contributed by atoms with Crippen molar-refractivity contribution in [1.29, 1.82) is 0 Å². The first-order chi connectivity index (χ1) is 9.86. The van der Waals surface area contributed by atoms with Crippen LogP contribution in [0.15, 0.2) is 23.1 Å². The summed E-state index contributed by atoms with van der Waals surface area (Å²) < 4.78 is 32.1. The first-order valence-electron chi connectivity index (χ1n) is 6.75. The van der Waals surface area contributed by atoms with Gasteiger partial charge in [0.25, 0.3) is 0 Å². The van der Waals surface area contributed by atoms with Crippen molar-refractivity contribution in [2.24, 2.45) is 0 Å². The van der Waals surface area contributed by atoms with E-state index >= 15 is 0 Å². The molecule has 7 heteroatoms. The van der Waals surface area contributed by atoms with Gasteiger partial charge in [-0.3, -0.25) is 4.79 Å². The Morgan fingerprint density at radius 3 is 2.52 bits per heavy atom. The minimum absolute atomic E-state index is 0.0833. The number of amides is 1. The van der Waals surface area contributed by atoms with Crippen LogP contribution in [0.2, 0.25) is 0 Å². The number of unbranched alkanes of at least 4 members (excludes halogenated alkanes) is 1. The summed E-state index contributed by atoms with van der Waals surface area (Å²) >= 11 is 0. The average Bonchev–Trinajstić information content (AvgIpc) is 2.42. The second kappa shape index (κ2) is 7.99. The van der Waals surface area contributed by atoms with E-state index in [0.717, 1.165) is 5.56 Å². The maximum absolute atomic E-state index is 12.2. The van der Waals surface area contributed by atoms with E-state index in [1.54, 1.807) is 18.2 Å². The topological polar surface area (TPSA) is 84.5 Å². The Labute approximate surface area is 125 Å². The number of ether oxygens (including phenoxy) is 1. The zero-order chi connectivity index (χ0) is 15.9. The van der Waals surface area contributed by atoms with Crippen molar-refractivity contribution in [2.45, 2.75) is 31.6 Å². The quantitative estimate of drug-likeness (QED) is 0.706. The summed E-state index contributed by atoms with van der Waals surface area (Å²) in [6.45, 7) is 4.14. The number of sulfonamides is 1. The van der Waals surface area contributed by atoms with Gasteiger partial charge in [-0.25, -0.2) is 13.1 Å². The molecule has 0 saturated heterocycles. The highest BCUT2D eigenvalue weighted by atomic mass is 32.2. The monoisotopic (exact) mass is 314 g/mol. The van der Waals surface area contributed by atoms with Crippen LogP contribution in [0.1, 0.15) is 25.3 Å². The molecule has 0 saturated carbocycles. The number of methoxy groups -OCH3 is 1. The second-order valence-corrected chi connectivity index (χ2v) is 6.48. The van der Waals surface area contributed by atoms with Crippen LogP contribution >= 0.6 is 0 Å². The molecule has 0 heterocycles. The number of nitrogens with one attached hydrogen (secondary N) is 2. The molecule has 0 fully saturated rings. The number of hydrogen-bond acceptors (Lipinski definition) is 4. The van der Waals surface area contributed by atoms with E-state index in [1.807, 2.05) is 6.92 Å². The van der Waals surface area contributed by atoms with Crippen LogP contribution in [0, 0.1) is 6.92 Å². The third kappa shape index (κ3) is 5.73. The highest BCUT2D eigenvalue weighted by Crippen LogP contribution is 2.24. The van der Waals surface area contributed by atoms with Gasteiger partial charge in [0.2, 0.25) is 15.9 Å². The molecule has 1 aromatic carbocycles. The van der Waals surface area contributed by atoms with Gasteiger partial charge in [0, 0.05) is 20.0 Å². The van der Waals surface area contributed by atoms with E-state index in [9.17, 15) is 13.2 Å². The molecule has 0 atom stereocenters. The Morgan fingerprint density at radius 1 is 1.24 bits per heavy atom. The predicted octanol–water partition coefficient (Wildman–Crippen LogP) is 1.20. The minimum Gasteiger partial charge on any atom is -0.495 e. The average molecular weight is 314 g/mol. The van der Waals surface area contributed by atoms with Crippen molar-refractivity contribution in [3.05, 3.63) is 23.8 Å². The molecular weight excluding hydrogens is 292 g/mol. The van der Waals surface area contributed by atoms with Crippen LogP contribution in [0.5, 0.6) is 5.75 Å². The summed E-state index contributed by atoms with van der Waals surface area (Å²) in [6.07, 6.45) is 1.36. The number of hydrogen-bond donors (Lipinski definition) is 2. The maximum atomic E-state index is 12.2. The Kier molecular flexibility index (Phi) is 6.64. The summed E-state index contributed by atoms with van der Waals surface area (Å²) in [5.74, 6) is 0.242. The third-order valence-electron chi connectivity index (χ3n) is 2.88. The van der Waals surface area contributed by atoms with E-state index in [1.165, 1.54) is 14.0 Å². The van der Waals surface area contributed by atoms with Crippen LogP contribution in [0.3, 0.4) is 0 Å². The minimum atomic E-state index is -3.59. The number of aryl methyl sites for hydroxylation is 1. The van der Waals surface area contributed by atoms with Crippen molar-refractivity contribution in [3.8, 4) is 5.75 Å². The molecule has 1 rings (SSSR count). The van der Waals surface area contributed by atoms with Crippen molar-refractivity contribution in [3.63, 3.8) is 0 Å². The standard InChI is InChI=1S/C14H22N2O4S/c1-11-6-7-13(20-3)14(10-11)21(18,19)16-9-5-4-8-15-12(2)17/h6-7,10,16H,4-5,8-9H2,1-3H3,(H,15,17). The van der Waals surface area contributed by atoms with Crippen molar-refractivity contribution in [2.75, 3.05) is 20.2 Å². The molecule has 118 valence electrons. The highest BCUT2D eigenvalue weighted by molar-refractivity contribution is 7.89. The third-order valence-corrected chi connectivity index (χ3v) is 4.36. The van der Waals surface area contributed by atoms with Gasteiger partial charge in [0.15, 0.2) is 0 Å². The Bertz CT molecular complexity index is 585. The lowest BCUT2D eigenvalue weighted by molar-refractivity contribution is -0.118. The van der Waals surface area contributed by atoms with E-state index in [4.69, 9.17) is 4.74 Å². The molecule has 0 unspecified atom stereocenters. The van der Waals surface area contributed by atoms with E-state index in [2.05, 4.69) is 10.0 Å². The van der Waals surface area contributed by atoms with Gasteiger partial charge in [-0.05, 0) is 37.5 Å². The SMILES string of the molecule is COc1ccc(C)cc1S(=O)(=O)NCCCCNC(C)=O. The van der Waals surface area contributed by atoms with Crippen molar-refractivity contribution in [1.82, 2.24) is 10.0 Å². The summed E-state index contributed by atoms with van der Waals surface area (Å²) in [6, 6.07) is 5.02. The number of carbonyl (C=O) groups excluding carboxylic acids is 1. The first-order valence-corrected chi connectivity index (χ1v) is 8.24. The molecule has 0 aliphatic heterocycles. The summed E-state index contributed by atoms with van der Waals surface area (Å²) in [4.78, 5) is 10.8. The number of benzene rings is 1. The van der Waals surface area contributed by atoms with Crippen LogP contribution in [0.4, 0.5) is 0 Å². The lowest BCUT2D eigenvalue weighted by atomic mass is 10.2. The van der Waals surface area contributed by atoms with Crippen LogP contribution in [-0.2, 0) is 14.8 Å². The molecule has 1 aromatic rings. The Hall–Kier alpha value is -1.60. The number of rotatable bonds is 8. The molecular formula is C14H22N2O4S. The van der Waals surface area contributed by atoms with E-state index in [-0.39, 0.29) is 10.8 Å². The zero-order valence-electron chi connectivity index (χ0n) is 12.6. The maximum Gasteiger partial charge on any atom is 0.244 e. The molecule has 21 heavy (non-hydrogen) atoms. The second-order valence-electron chi connectivity index (χ2n) is 4.74. The zero-order valence-corrected chi connectivity index (χ0v) is 13.4. The first kappa shape index (κ1) is 17.5. The smallest absolute Gasteiger partial charge is 0.244 e. The van der Waals surface area contributed by atoms with Crippen molar-refractivity contribution >= 4 is 15.9 Å². The van der Waals surface area contributed by atoms with E-state index in [0.29, 0.717) is 31.7 Å². The van der Waals surface area contributed by atoms with Gasteiger partial charge in [0.05, 0.1) is 7.11 Å². The highest BCUT2D eigenvalue weighted by Gasteiger charge is 2.18. The van der Waals surface area contributed by atoms with Gasteiger partial charge in [-0.1, -0.05) is 6.07 Å². The molecule has 6 nitrogen and oxygen atoms in total. The van der Waals surface area contributed by atoms with Gasteiger partial charge >= 0.3 is 0 Å². The van der Waals surface area contributed by atoms with Crippen LogP contribution in [-0.4, -0.2) is 34.5 Å². The molecule has 0 aliphatic rings. The molecule has 0 radical (unpaired) electrons. The summed E-state index contributed by atoms with van der Waals surface area (Å²) in [7, 11) is -2.15. The molecule has 2 N–H and O–H groups in total. The molecule has 0 aromatic heterocycles. The fourth-order valence-corrected chi connectivity index (χ4v) is 3.12. The van der Waals surface area contributed by atoms with Crippen molar-refractivity contribution < 1.29 is 17.9 Å².